The molecule has 7 nitrogen and oxygen atoms in total. The molecule has 1 amide bonds. The smallest absolute Gasteiger partial charge is 0.254 e. The lowest BCUT2D eigenvalue weighted by Gasteiger charge is -2.29. The summed E-state index contributed by atoms with van der Waals surface area (Å²) < 4.78 is 7.68. The summed E-state index contributed by atoms with van der Waals surface area (Å²) in [7, 11) is 2.14. The molecule has 0 aliphatic carbocycles. The number of carbonyl (C=O) groups is 1. The summed E-state index contributed by atoms with van der Waals surface area (Å²) >= 11 is 0. The number of aromatic nitrogens is 3. The summed E-state index contributed by atoms with van der Waals surface area (Å²) in [6.45, 7) is 2.07. The number of fused-ring (bicyclic) bond motifs is 1. The minimum atomic E-state index is -0.535. The van der Waals surface area contributed by atoms with E-state index in [2.05, 4.69) is 16.9 Å². The van der Waals surface area contributed by atoms with E-state index in [1.807, 2.05) is 60.7 Å². The van der Waals surface area contributed by atoms with Crippen LogP contribution in [-0.2, 0) is 0 Å². The van der Waals surface area contributed by atoms with Gasteiger partial charge in [0.25, 0.3) is 5.91 Å². The number of hydrogen-bond donors (Lipinski definition) is 1. The van der Waals surface area contributed by atoms with Crippen LogP contribution >= 0.6 is 0 Å². The molecule has 1 aliphatic rings. The van der Waals surface area contributed by atoms with E-state index < -0.39 is 5.91 Å². The van der Waals surface area contributed by atoms with Gasteiger partial charge in [0.1, 0.15) is 22.8 Å². The number of primary amides is 1. The van der Waals surface area contributed by atoms with Crippen molar-refractivity contribution >= 4 is 11.6 Å². The molecule has 32 heavy (non-hydrogen) atoms. The third-order valence-electron chi connectivity index (χ3n) is 6.04. The van der Waals surface area contributed by atoms with E-state index in [-0.39, 0.29) is 0 Å². The molecular formula is C25H25N5O2. The van der Waals surface area contributed by atoms with Crippen molar-refractivity contribution in [1.82, 2.24) is 19.5 Å². The van der Waals surface area contributed by atoms with Gasteiger partial charge in [-0.2, -0.15) is 5.10 Å². The normalized spacial score (nSPS) is 15.2. The second-order valence-corrected chi connectivity index (χ2v) is 8.21. The van der Waals surface area contributed by atoms with Gasteiger partial charge < -0.3 is 15.4 Å². The van der Waals surface area contributed by atoms with Crippen LogP contribution in [0.3, 0.4) is 0 Å². The van der Waals surface area contributed by atoms with Gasteiger partial charge in [0.15, 0.2) is 5.65 Å². The fourth-order valence-electron chi connectivity index (χ4n) is 4.31. The van der Waals surface area contributed by atoms with Crippen LogP contribution in [0.25, 0.3) is 16.9 Å². The van der Waals surface area contributed by atoms with E-state index in [0.717, 1.165) is 42.9 Å². The van der Waals surface area contributed by atoms with Crippen LogP contribution < -0.4 is 10.5 Å². The summed E-state index contributed by atoms with van der Waals surface area (Å²) in [6.07, 6.45) is 3.84. The largest absolute Gasteiger partial charge is 0.457 e. The number of nitrogens with zero attached hydrogens (tertiary/aromatic N) is 4. The van der Waals surface area contributed by atoms with E-state index in [1.165, 1.54) is 0 Å². The van der Waals surface area contributed by atoms with Gasteiger partial charge in [-0.05, 0) is 75.4 Å². The highest BCUT2D eigenvalue weighted by Gasteiger charge is 2.26. The Morgan fingerprint density at radius 1 is 1.00 bits per heavy atom. The molecule has 2 aromatic heterocycles. The number of hydrogen-bond acceptors (Lipinski definition) is 5. The molecule has 3 heterocycles. The molecule has 1 saturated heterocycles. The van der Waals surface area contributed by atoms with Crippen LogP contribution in [0.5, 0.6) is 11.5 Å². The van der Waals surface area contributed by atoms with Crippen molar-refractivity contribution in [2.75, 3.05) is 20.1 Å². The third kappa shape index (κ3) is 3.83. The minimum absolute atomic E-state index is 0.344. The molecule has 0 atom stereocenters. The van der Waals surface area contributed by atoms with Crippen LogP contribution in [0, 0.1) is 0 Å². The molecule has 162 valence electrons. The Hall–Kier alpha value is -3.71. The van der Waals surface area contributed by atoms with Gasteiger partial charge in [-0.15, -0.1) is 0 Å². The zero-order chi connectivity index (χ0) is 22.1. The second kappa shape index (κ2) is 8.43. The first-order valence-electron chi connectivity index (χ1n) is 10.8. The van der Waals surface area contributed by atoms with Crippen LogP contribution in [0.4, 0.5) is 0 Å². The first kappa shape index (κ1) is 20.2. The lowest BCUT2D eigenvalue weighted by atomic mass is 9.93. The average molecular weight is 428 g/mol. The molecule has 0 unspecified atom stereocenters. The summed E-state index contributed by atoms with van der Waals surface area (Å²) in [5.41, 5.74) is 9.03. The number of likely N-dealkylation sites (tertiary alicyclic amines) is 1. The lowest BCUT2D eigenvalue weighted by Crippen LogP contribution is -2.30. The molecule has 0 bridgehead atoms. The number of para-hydroxylation sites is 1. The molecule has 0 radical (unpaired) electrons. The van der Waals surface area contributed by atoms with Crippen molar-refractivity contribution in [3.63, 3.8) is 0 Å². The summed E-state index contributed by atoms with van der Waals surface area (Å²) in [6, 6.07) is 19.1. The SMILES string of the molecule is CN1CCC(c2ccnc3c(C(N)=O)c(-c4ccc(Oc5ccccc5)cc4)nn23)CC1. The van der Waals surface area contributed by atoms with Gasteiger partial charge >= 0.3 is 0 Å². The van der Waals surface area contributed by atoms with Gasteiger partial charge in [-0.25, -0.2) is 9.50 Å². The first-order chi connectivity index (χ1) is 15.6. The molecule has 7 heteroatoms. The fraction of sp³-hybridized carbons (Fsp3) is 0.240. The molecule has 2 aromatic carbocycles. The maximum atomic E-state index is 12.4. The van der Waals surface area contributed by atoms with Crippen LogP contribution in [0.15, 0.2) is 66.9 Å². The second-order valence-electron chi connectivity index (χ2n) is 8.21. The average Bonchev–Trinajstić information content (AvgIpc) is 3.21. The van der Waals surface area contributed by atoms with Crippen molar-refractivity contribution in [1.29, 1.82) is 0 Å². The van der Waals surface area contributed by atoms with E-state index in [4.69, 9.17) is 15.6 Å². The number of nitrogens with two attached hydrogens (primary N) is 1. The molecule has 1 fully saturated rings. The summed E-state index contributed by atoms with van der Waals surface area (Å²) in [5.74, 6) is 1.30. The molecule has 2 N–H and O–H groups in total. The molecular weight excluding hydrogens is 402 g/mol. The molecule has 0 spiro atoms. The number of piperidine rings is 1. The zero-order valence-electron chi connectivity index (χ0n) is 17.9. The van der Waals surface area contributed by atoms with Gasteiger partial charge in [0, 0.05) is 23.4 Å². The highest BCUT2D eigenvalue weighted by atomic mass is 16.5. The minimum Gasteiger partial charge on any atom is -0.457 e. The first-order valence-corrected chi connectivity index (χ1v) is 10.8. The highest BCUT2D eigenvalue weighted by molar-refractivity contribution is 6.04. The molecule has 4 aromatic rings. The van der Waals surface area contributed by atoms with Gasteiger partial charge in [-0.1, -0.05) is 18.2 Å². The predicted octanol–water partition coefficient (Wildman–Crippen LogP) is 4.10. The Balaban J connectivity index is 1.53. The summed E-state index contributed by atoms with van der Waals surface area (Å²) in [4.78, 5) is 19.2. The van der Waals surface area contributed by atoms with E-state index >= 15 is 0 Å². The number of amides is 1. The lowest BCUT2D eigenvalue weighted by molar-refractivity contribution is 0.100. The molecule has 0 saturated carbocycles. The van der Waals surface area contributed by atoms with E-state index in [0.29, 0.717) is 28.6 Å². The number of rotatable bonds is 5. The van der Waals surface area contributed by atoms with Crippen molar-refractivity contribution in [2.24, 2.45) is 5.73 Å². The van der Waals surface area contributed by atoms with Crippen molar-refractivity contribution in [3.8, 4) is 22.8 Å². The van der Waals surface area contributed by atoms with Gasteiger partial charge in [-0.3, -0.25) is 4.79 Å². The number of ether oxygens (including phenoxy) is 1. The quantitative estimate of drug-likeness (QED) is 0.518. The van der Waals surface area contributed by atoms with Crippen LogP contribution in [-0.4, -0.2) is 45.5 Å². The zero-order valence-corrected chi connectivity index (χ0v) is 17.9. The maximum absolute atomic E-state index is 12.4. The maximum Gasteiger partial charge on any atom is 0.254 e. The molecule has 1 aliphatic heterocycles. The van der Waals surface area contributed by atoms with Crippen molar-refractivity contribution < 1.29 is 9.53 Å². The fourth-order valence-corrected chi connectivity index (χ4v) is 4.31. The van der Waals surface area contributed by atoms with Crippen LogP contribution in [0.2, 0.25) is 0 Å². The van der Waals surface area contributed by atoms with Gasteiger partial charge in [0.2, 0.25) is 0 Å². The summed E-state index contributed by atoms with van der Waals surface area (Å²) in [5, 5.41) is 4.81. The van der Waals surface area contributed by atoms with E-state index in [9.17, 15) is 4.79 Å². The number of carbonyl (C=O) groups excluding carboxylic acids is 1. The Labute approximate surface area is 186 Å². The topological polar surface area (TPSA) is 85.8 Å². The highest BCUT2D eigenvalue weighted by Crippen LogP contribution is 2.32. The van der Waals surface area contributed by atoms with E-state index in [1.54, 1.807) is 10.7 Å². The predicted molar refractivity (Wildman–Crippen MR) is 123 cm³/mol. The Morgan fingerprint density at radius 3 is 2.38 bits per heavy atom. The van der Waals surface area contributed by atoms with Crippen molar-refractivity contribution in [2.45, 2.75) is 18.8 Å². The third-order valence-corrected chi connectivity index (χ3v) is 6.04. The van der Waals surface area contributed by atoms with Crippen LogP contribution in [0.1, 0.15) is 34.8 Å². The Bertz CT molecular complexity index is 1240. The standard InChI is InChI=1S/C25H25N5O2/c1-29-15-12-17(13-16-29)21-11-14-27-25-22(24(26)31)23(28-30(21)25)18-7-9-20(10-8-18)32-19-5-3-2-4-6-19/h2-11,14,17H,12-13,15-16H2,1H3,(H2,26,31). The Morgan fingerprint density at radius 2 is 1.69 bits per heavy atom. The monoisotopic (exact) mass is 427 g/mol. The molecule has 5 rings (SSSR count). The van der Waals surface area contributed by atoms with Crippen molar-refractivity contribution in [3.05, 3.63) is 78.1 Å². The van der Waals surface area contributed by atoms with Gasteiger partial charge in [0.05, 0.1) is 0 Å². The number of benzene rings is 2. The Kier molecular flexibility index (Phi) is 5.33.